The first-order valence-electron chi connectivity index (χ1n) is 10.1. The highest BCUT2D eigenvalue weighted by atomic mass is 16.3. The van der Waals surface area contributed by atoms with Crippen molar-refractivity contribution >= 4 is 39.6 Å². The Bertz CT molecular complexity index is 1490. The molecule has 0 saturated heterocycles. The zero-order valence-corrected chi connectivity index (χ0v) is 17.7. The maximum Gasteiger partial charge on any atom is 0.332 e. The minimum atomic E-state index is -0.858. The predicted octanol–water partition coefficient (Wildman–Crippen LogP) is 1.90. The molecular formula is C23H22N4O5. The number of hydrogen-bond donors (Lipinski definition) is 2. The van der Waals surface area contributed by atoms with Gasteiger partial charge in [0.05, 0.1) is 0 Å². The number of amides is 2. The molecule has 4 aromatic rings. The van der Waals surface area contributed by atoms with E-state index in [2.05, 4.69) is 5.32 Å². The number of furan rings is 1. The Kier molecular flexibility index (Phi) is 5.40. The van der Waals surface area contributed by atoms with E-state index < -0.39 is 29.6 Å². The van der Waals surface area contributed by atoms with Gasteiger partial charge in [-0.2, -0.15) is 0 Å². The number of rotatable bonds is 6. The molecule has 0 aliphatic carbocycles. The van der Waals surface area contributed by atoms with E-state index in [1.807, 2.05) is 32.0 Å². The van der Waals surface area contributed by atoms with E-state index in [-0.39, 0.29) is 17.6 Å². The summed E-state index contributed by atoms with van der Waals surface area (Å²) in [7, 11) is 0. The lowest BCUT2D eigenvalue weighted by Crippen LogP contribution is -2.43. The number of nitrogens with zero attached hydrogens (tertiary/aromatic N) is 2. The third-order valence-electron chi connectivity index (χ3n) is 5.36. The summed E-state index contributed by atoms with van der Waals surface area (Å²) in [5.74, 6) is -1.31. The molecule has 2 heterocycles. The number of aryl methyl sites for hydroxylation is 2. The fourth-order valence-corrected chi connectivity index (χ4v) is 3.86. The summed E-state index contributed by atoms with van der Waals surface area (Å²) in [5, 5.41) is 3.39. The van der Waals surface area contributed by atoms with Crippen LogP contribution in [0.1, 0.15) is 18.1 Å². The van der Waals surface area contributed by atoms with Crippen LogP contribution in [-0.4, -0.2) is 20.9 Å². The molecule has 2 aromatic heterocycles. The van der Waals surface area contributed by atoms with Gasteiger partial charge < -0.3 is 15.5 Å². The van der Waals surface area contributed by atoms with Gasteiger partial charge in [0.15, 0.2) is 0 Å². The number of aromatic nitrogens is 2. The van der Waals surface area contributed by atoms with Crippen LogP contribution in [0.5, 0.6) is 0 Å². The lowest BCUT2D eigenvalue weighted by atomic mass is 10.1. The van der Waals surface area contributed by atoms with E-state index in [1.165, 1.54) is 0 Å². The molecule has 0 atom stereocenters. The number of nitrogens with two attached hydrogens (primary N) is 1. The zero-order valence-electron chi connectivity index (χ0n) is 17.7. The molecule has 2 aromatic carbocycles. The van der Waals surface area contributed by atoms with E-state index in [0.717, 1.165) is 22.1 Å². The van der Waals surface area contributed by atoms with Crippen molar-refractivity contribution in [2.45, 2.75) is 33.4 Å². The van der Waals surface area contributed by atoms with Crippen molar-refractivity contribution < 1.29 is 14.0 Å². The summed E-state index contributed by atoms with van der Waals surface area (Å²) in [4.78, 5) is 50.5. The van der Waals surface area contributed by atoms with Crippen LogP contribution in [0.25, 0.3) is 22.1 Å². The average Bonchev–Trinajstić information content (AvgIpc) is 3.15. The van der Waals surface area contributed by atoms with Gasteiger partial charge in [-0.1, -0.05) is 37.3 Å². The number of benzene rings is 2. The van der Waals surface area contributed by atoms with Crippen molar-refractivity contribution in [2.24, 2.45) is 5.73 Å². The number of carbonyl (C=O) groups excluding carboxylic acids is 2. The van der Waals surface area contributed by atoms with Crippen molar-refractivity contribution in [1.29, 1.82) is 0 Å². The topological polar surface area (TPSA) is 129 Å². The van der Waals surface area contributed by atoms with Gasteiger partial charge in [0.25, 0.3) is 5.56 Å². The van der Waals surface area contributed by atoms with E-state index >= 15 is 0 Å². The average molecular weight is 434 g/mol. The Labute approximate surface area is 182 Å². The second kappa shape index (κ2) is 8.18. The maximum atomic E-state index is 13.2. The van der Waals surface area contributed by atoms with Gasteiger partial charge in [0.2, 0.25) is 17.4 Å². The van der Waals surface area contributed by atoms with Gasteiger partial charge in [0.1, 0.15) is 24.2 Å². The molecule has 4 rings (SSSR count). The number of fused-ring (bicyclic) bond motifs is 3. The molecule has 3 N–H and O–H groups in total. The van der Waals surface area contributed by atoms with Gasteiger partial charge in [0, 0.05) is 11.1 Å². The fraction of sp³-hybridized carbons (Fsp3) is 0.217. The second-order valence-electron chi connectivity index (χ2n) is 7.51. The molecule has 0 aliphatic heterocycles. The minimum Gasteiger partial charge on any atom is -0.449 e. The molecule has 0 fully saturated rings. The quantitative estimate of drug-likeness (QED) is 0.479. The SMILES string of the molecule is CCc1cccc(C)c1NC(=O)Cn1c(=O)n(CC(N)=O)c(=O)c2oc3ccccc3c21. The Morgan fingerprint density at radius 3 is 2.50 bits per heavy atom. The Hall–Kier alpha value is -4.14. The molecule has 9 nitrogen and oxygen atoms in total. The molecule has 9 heteroatoms. The van der Waals surface area contributed by atoms with Crippen LogP contribution in [0.2, 0.25) is 0 Å². The monoisotopic (exact) mass is 434 g/mol. The van der Waals surface area contributed by atoms with Gasteiger partial charge in [-0.25, -0.2) is 9.36 Å². The molecule has 0 aliphatic rings. The minimum absolute atomic E-state index is 0.120. The van der Waals surface area contributed by atoms with Crippen LogP contribution in [0.3, 0.4) is 0 Å². The van der Waals surface area contributed by atoms with Crippen molar-refractivity contribution in [3.8, 4) is 0 Å². The number of nitrogens with one attached hydrogen (secondary N) is 1. The van der Waals surface area contributed by atoms with Crippen molar-refractivity contribution in [3.63, 3.8) is 0 Å². The highest BCUT2D eigenvalue weighted by Crippen LogP contribution is 2.26. The smallest absolute Gasteiger partial charge is 0.332 e. The van der Waals surface area contributed by atoms with Crippen LogP contribution in [0.4, 0.5) is 5.69 Å². The van der Waals surface area contributed by atoms with E-state index in [0.29, 0.717) is 21.2 Å². The van der Waals surface area contributed by atoms with Crippen molar-refractivity contribution in [1.82, 2.24) is 9.13 Å². The maximum absolute atomic E-state index is 13.2. The standard InChI is InChI=1S/C23H22N4O5/c1-3-14-8-6-7-13(2)19(14)25-18(29)12-26-20-15-9-4-5-10-16(15)32-21(20)22(30)27(23(26)31)11-17(24)28/h4-10H,3,11-12H2,1-2H3,(H2,24,28)(H,25,29). The summed E-state index contributed by atoms with van der Waals surface area (Å²) < 4.78 is 7.51. The lowest BCUT2D eigenvalue weighted by Gasteiger charge is -2.15. The third kappa shape index (κ3) is 3.58. The number of hydrogen-bond acceptors (Lipinski definition) is 5. The fourth-order valence-electron chi connectivity index (χ4n) is 3.86. The van der Waals surface area contributed by atoms with Crippen LogP contribution in [-0.2, 0) is 29.1 Å². The summed E-state index contributed by atoms with van der Waals surface area (Å²) in [5.41, 5.74) is 6.64. The molecule has 32 heavy (non-hydrogen) atoms. The first kappa shape index (κ1) is 21.1. The summed E-state index contributed by atoms with van der Waals surface area (Å²) >= 11 is 0. The molecule has 0 unspecified atom stereocenters. The van der Waals surface area contributed by atoms with Crippen LogP contribution < -0.4 is 22.3 Å². The summed E-state index contributed by atoms with van der Waals surface area (Å²) in [6.45, 7) is 2.87. The molecule has 2 amide bonds. The third-order valence-corrected chi connectivity index (χ3v) is 5.36. The highest BCUT2D eigenvalue weighted by molar-refractivity contribution is 6.03. The molecule has 164 valence electrons. The van der Waals surface area contributed by atoms with E-state index in [1.54, 1.807) is 24.3 Å². The Balaban J connectivity index is 1.88. The van der Waals surface area contributed by atoms with E-state index in [9.17, 15) is 19.2 Å². The predicted molar refractivity (Wildman–Crippen MR) is 121 cm³/mol. The molecular weight excluding hydrogens is 412 g/mol. The van der Waals surface area contributed by atoms with Crippen molar-refractivity contribution in [3.05, 3.63) is 74.4 Å². The number of anilines is 1. The molecule has 0 saturated carbocycles. The molecule has 0 spiro atoms. The lowest BCUT2D eigenvalue weighted by molar-refractivity contribution is -0.118. The second-order valence-corrected chi connectivity index (χ2v) is 7.51. The Morgan fingerprint density at radius 2 is 1.78 bits per heavy atom. The summed E-state index contributed by atoms with van der Waals surface area (Å²) in [6.07, 6.45) is 0.720. The van der Waals surface area contributed by atoms with Gasteiger partial charge in [-0.3, -0.25) is 19.0 Å². The van der Waals surface area contributed by atoms with Gasteiger partial charge in [-0.05, 0) is 36.6 Å². The number of carbonyl (C=O) groups is 2. The van der Waals surface area contributed by atoms with Gasteiger partial charge >= 0.3 is 5.69 Å². The zero-order chi connectivity index (χ0) is 23.0. The highest BCUT2D eigenvalue weighted by Gasteiger charge is 2.22. The normalized spacial score (nSPS) is 11.2. The van der Waals surface area contributed by atoms with Crippen LogP contribution in [0, 0.1) is 6.92 Å². The first-order chi connectivity index (χ1) is 15.3. The largest absolute Gasteiger partial charge is 0.449 e. The van der Waals surface area contributed by atoms with Crippen molar-refractivity contribution in [2.75, 3.05) is 5.32 Å². The van der Waals surface area contributed by atoms with Crippen LogP contribution in [0.15, 0.2) is 56.5 Å². The molecule has 0 bridgehead atoms. The Morgan fingerprint density at radius 1 is 1.03 bits per heavy atom. The van der Waals surface area contributed by atoms with E-state index in [4.69, 9.17) is 10.2 Å². The summed E-state index contributed by atoms with van der Waals surface area (Å²) in [6, 6.07) is 12.5. The van der Waals surface area contributed by atoms with Gasteiger partial charge in [-0.15, -0.1) is 0 Å². The number of primary amides is 1. The molecule has 0 radical (unpaired) electrons. The first-order valence-corrected chi connectivity index (χ1v) is 10.1. The number of para-hydroxylation sites is 2. The van der Waals surface area contributed by atoms with Crippen LogP contribution >= 0.6 is 0 Å².